The van der Waals surface area contributed by atoms with E-state index < -0.39 is 0 Å². The quantitative estimate of drug-likeness (QED) is 0.928. The Morgan fingerprint density at radius 3 is 2.80 bits per heavy atom. The summed E-state index contributed by atoms with van der Waals surface area (Å²) in [5.41, 5.74) is 2.54. The molecule has 116 valence electrons. The molecule has 0 aliphatic carbocycles. The highest BCUT2D eigenvalue weighted by molar-refractivity contribution is 5.85. The Labute approximate surface area is 129 Å². The summed E-state index contributed by atoms with van der Waals surface area (Å²) in [6.45, 7) is 9.82. The lowest BCUT2D eigenvalue weighted by molar-refractivity contribution is 0.216. The van der Waals surface area contributed by atoms with Gasteiger partial charge in [-0.2, -0.15) is 5.10 Å². The average Bonchev–Trinajstić information content (AvgIpc) is 2.60. The fraction of sp³-hybridized carbons (Fsp3) is 0.800. The summed E-state index contributed by atoms with van der Waals surface area (Å²) in [5, 5.41) is 8.09. The molecule has 1 atom stereocenters. The Balaban J connectivity index is 0.00000200. The molecule has 5 heteroatoms. The van der Waals surface area contributed by atoms with E-state index in [0.717, 1.165) is 13.1 Å². The number of halogens is 1. The van der Waals surface area contributed by atoms with E-state index in [9.17, 15) is 0 Å². The number of hydrogen-bond donors (Lipinski definition) is 1. The highest BCUT2D eigenvalue weighted by Gasteiger charge is 2.18. The van der Waals surface area contributed by atoms with E-state index >= 15 is 0 Å². The van der Waals surface area contributed by atoms with Crippen molar-refractivity contribution in [2.75, 3.05) is 20.1 Å². The molecule has 4 nitrogen and oxygen atoms in total. The molecule has 1 aromatic heterocycles. The predicted octanol–water partition coefficient (Wildman–Crippen LogP) is 2.77. The third-order valence-electron chi connectivity index (χ3n) is 4.14. The van der Waals surface area contributed by atoms with E-state index in [4.69, 9.17) is 0 Å². The first-order valence-corrected chi connectivity index (χ1v) is 7.53. The smallest absolute Gasteiger partial charge is 0.0638 e. The molecule has 0 spiro atoms. The topological polar surface area (TPSA) is 33.1 Å². The molecular formula is C15H29ClN4. The standard InChI is InChI=1S/C15H28N4.ClH/c1-12(2)19-11-14(13(3)17-19)10-18(4)15-6-5-8-16-9-7-15;/h11-12,15-16H,5-10H2,1-4H3;1H. The molecule has 0 aromatic carbocycles. The summed E-state index contributed by atoms with van der Waals surface area (Å²) in [6, 6.07) is 1.15. The molecule has 0 saturated carbocycles. The van der Waals surface area contributed by atoms with Gasteiger partial charge in [-0.1, -0.05) is 0 Å². The van der Waals surface area contributed by atoms with Gasteiger partial charge in [0, 0.05) is 30.4 Å². The van der Waals surface area contributed by atoms with Crippen LogP contribution in [0, 0.1) is 6.92 Å². The molecule has 1 saturated heterocycles. The summed E-state index contributed by atoms with van der Waals surface area (Å²) >= 11 is 0. The summed E-state index contributed by atoms with van der Waals surface area (Å²) < 4.78 is 2.08. The van der Waals surface area contributed by atoms with Crippen molar-refractivity contribution in [3.05, 3.63) is 17.5 Å². The third kappa shape index (κ3) is 4.47. The Hall–Kier alpha value is -0.580. The minimum Gasteiger partial charge on any atom is -0.317 e. The van der Waals surface area contributed by atoms with Gasteiger partial charge in [0.15, 0.2) is 0 Å². The molecule has 0 radical (unpaired) electrons. The van der Waals surface area contributed by atoms with Gasteiger partial charge in [-0.15, -0.1) is 12.4 Å². The Kier molecular flexibility index (Phi) is 7.00. The summed E-state index contributed by atoms with van der Waals surface area (Å²) in [4.78, 5) is 2.50. The van der Waals surface area contributed by atoms with E-state index in [1.54, 1.807) is 0 Å². The lowest BCUT2D eigenvalue weighted by Gasteiger charge is -2.26. The molecule has 2 heterocycles. The molecular weight excluding hydrogens is 272 g/mol. The first-order valence-electron chi connectivity index (χ1n) is 7.53. The van der Waals surface area contributed by atoms with Crippen LogP contribution in [0.5, 0.6) is 0 Å². The zero-order chi connectivity index (χ0) is 13.8. The van der Waals surface area contributed by atoms with Crippen LogP contribution in [-0.2, 0) is 6.54 Å². The molecule has 1 fully saturated rings. The lowest BCUT2D eigenvalue weighted by Crippen LogP contribution is -2.32. The highest BCUT2D eigenvalue weighted by atomic mass is 35.5. The van der Waals surface area contributed by atoms with E-state index in [-0.39, 0.29) is 12.4 Å². The minimum atomic E-state index is 0. The summed E-state index contributed by atoms with van der Waals surface area (Å²) in [5.74, 6) is 0. The normalized spacial score (nSPS) is 20.0. The van der Waals surface area contributed by atoms with E-state index in [2.05, 4.69) is 54.0 Å². The second-order valence-corrected chi connectivity index (χ2v) is 6.06. The van der Waals surface area contributed by atoms with Gasteiger partial charge in [0.1, 0.15) is 0 Å². The maximum absolute atomic E-state index is 4.60. The predicted molar refractivity (Wildman–Crippen MR) is 86.6 cm³/mol. The van der Waals surface area contributed by atoms with Gasteiger partial charge in [0.2, 0.25) is 0 Å². The van der Waals surface area contributed by atoms with Crippen molar-refractivity contribution in [2.45, 2.75) is 58.7 Å². The van der Waals surface area contributed by atoms with Crippen LogP contribution in [0.2, 0.25) is 0 Å². The number of rotatable bonds is 4. The van der Waals surface area contributed by atoms with Crippen LogP contribution in [-0.4, -0.2) is 40.9 Å². The van der Waals surface area contributed by atoms with Crippen LogP contribution in [0.25, 0.3) is 0 Å². The summed E-state index contributed by atoms with van der Waals surface area (Å²) in [7, 11) is 2.25. The van der Waals surface area contributed by atoms with Gasteiger partial charge >= 0.3 is 0 Å². The van der Waals surface area contributed by atoms with Crippen LogP contribution in [0.3, 0.4) is 0 Å². The van der Waals surface area contributed by atoms with Gasteiger partial charge < -0.3 is 5.32 Å². The van der Waals surface area contributed by atoms with Gasteiger partial charge in [-0.05, 0) is 60.2 Å². The van der Waals surface area contributed by atoms with Crippen molar-refractivity contribution < 1.29 is 0 Å². The van der Waals surface area contributed by atoms with E-state index in [1.165, 1.54) is 37.1 Å². The van der Waals surface area contributed by atoms with Crippen molar-refractivity contribution >= 4 is 12.4 Å². The number of hydrogen-bond acceptors (Lipinski definition) is 3. The van der Waals surface area contributed by atoms with Crippen LogP contribution >= 0.6 is 12.4 Å². The maximum atomic E-state index is 4.60. The van der Waals surface area contributed by atoms with Crippen molar-refractivity contribution in [3.8, 4) is 0 Å². The van der Waals surface area contributed by atoms with Crippen molar-refractivity contribution in [1.29, 1.82) is 0 Å². The van der Waals surface area contributed by atoms with Crippen LogP contribution in [0.1, 0.15) is 50.4 Å². The molecule has 1 aromatic rings. The molecule has 1 aliphatic heterocycles. The van der Waals surface area contributed by atoms with Gasteiger partial charge in [-0.3, -0.25) is 9.58 Å². The number of aromatic nitrogens is 2. The van der Waals surface area contributed by atoms with Gasteiger partial charge in [0.05, 0.1) is 5.69 Å². The monoisotopic (exact) mass is 300 g/mol. The number of nitrogens with one attached hydrogen (secondary N) is 1. The number of aryl methyl sites for hydroxylation is 1. The van der Waals surface area contributed by atoms with E-state index in [1.807, 2.05) is 0 Å². The Morgan fingerprint density at radius 1 is 1.40 bits per heavy atom. The van der Waals surface area contributed by atoms with Gasteiger partial charge in [0.25, 0.3) is 0 Å². The second-order valence-electron chi connectivity index (χ2n) is 6.06. The zero-order valence-electron chi connectivity index (χ0n) is 13.2. The molecule has 20 heavy (non-hydrogen) atoms. The fourth-order valence-electron chi connectivity index (χ4n) is 2.78. The van der Waals surface area contributed by atoms with Crippen molar-refractivity contribution in [1.82, 2.24) is 20.0 Å². The molecule has 2 rings (SSSR count). The largest absolute Gasteiger partial charge is 0.317 e. The van der Waals surface area contributed by atoms with E-state index in [0.29, 0.717) is 12.1 Å². The first kappa shape index (κ1) is 17.5. The fourth-order valence-corrected chi connectivity index (χ4v) is 2.78. The summed E-state index contributed by atoms with van der Waals surface area (Å²) in [6.07, 6.45) is 6.07. The Morgan fingerprint density at radius 2 is 2.15 bits per heavy atom. The Bertz CT molecular complexity index is 395. The van der Waals surface area contributed by atoms with Crippen LogP contribution in [0.15, 0.2) is 6.20 Å². The van der Waals surface area contributed by atoms with Crippen LogP contribution < -0.4 is 5.32 Å². The number of nitrogens with zero attached hydrogens (tertiary/aromatic N) is 3. The van der Waals surface area contributed by atoms with Crippen molar-refractivity contribution in [2.24, 2.45) is 0 Å². The average molecular weight is 301 g/mol. The molecule has 1 aliphatic rings. The van der Waals surface area contributed by atoms with Crippen molar-refractivity contribution in [3.63, 3.8) is 0 Å². The minimum absolute atomic E-state index is 0. The molecule has 1 N–H and O–H groups in total. The SMILES string of the molecule is Cc1nn(C(C)C)cc1CN(C)C1CCCNCC1.Cl. The lowest BCUT2D eigenvalue weighted by atomic mass is 10.1. The second kappa shape index (κ2) is 8.01. The third-order valence-corrected chi connectivity index (χ3v) is 4.14. The molecule has 0 bridgehead atoms. The molecule has 0 amide bonds. The maximum Gasteiger partial charge on any atom is 0.0638 e. The molecule has 1 unspecified atom stereocenters. The zero-order valence-corrected chi connectivity index (χ0v) is 14.0. The van der Waals surface area contributed by atoms with Gasteiger partial charge in [-0.25, -0.2) is 0 Å². The first-order chi connectivity index (χ1) is 9.08. The highest BCUT2D eigenvalue weighted by Crippen LogP contribution is 2.17. The van der Waals surface area contributed by atoms with Crippen LogP contribution in [0.4, 0.5) is 0 Å².